The summed E-state index contributed by atoms with van der Waals surface area (Å²) in [7, 11) is -4.88. The normalized spacial score (nSPS) is 11.7. The van der Waals surface area contributed by atoms with Crippen LogP contribution < -0.4 is 14.4 Å². The molecule has 0 saturated carbocycles. The molecule has 0 saturated heterocycles. The van der Waals surface area contributed by atoms with Crippen molar-refractivity contribution in [2.75, 3.05) is 38.1 Å². The Morgan fingerprint density at radius 1 is 0.868 bits per heavy atom. The Bertz CT molecular complexity index is 1480. The Hall–Kier alpha value is -4.01. The summed E-state index contributed by atoms with van der Waals surface area (Å²) in [5.74, 6) is -0.241. The Kier molecular flexibility index (Phi) is 9.04. The van der Waals surface area contributed by atoms with E-state index in [1.807, 2.05) is 0 Å². The van der Waals surface area contributed by atoms with E-state index in [9.17, 15) is 31.7 Å². The number of ether oxygens (including phenoxy) is 1. The molecule has 0 radical (unpaired) electrons. The second-order valence-electron chi connectivity index (χ2n) is 8.06. The Morgan fingerprint density at radius 3 is 2.00 bits per heavy atom. The van der Waals surface area contributed by atoms with E-state index in [0.29, 0.717) is 5.75 Å². The number of nitro benzene ring substituents is 1. The molecule has 3 aromatic carbocycles. The molecule has 1 amide bonds. The van der Waals surface area contributed by atoms with Crippen LogP contribution in [0.1, 0.15) is 0 Å². The van der Waals surface area contributed by atoms with Gasteiger partial charge in [-0.05, 0) is 48.5 Å². The highest BCUT2D eigenvalue weighted by atomic mass is 32.2. The number of sulfonamides is 2. The molecule has 0 aliphatic carbocycles. The van der Waals surface area contributed by atoms with E-state index in [4.69, 9.17) is 4.74 Å². The van der Waals surface area contributed by atoms with Crippen LogP contribution in [0.4, 0.5) is 11.4 Å². The molecule has 14 heteroatoms. The molecule has 0 aliphatic heterocycles. The first-order chi connectivity index (χ1) is 17.9. The van der Waals surface area contributed by atoms with E-state index in [1.165, 1.54) is 62.6 Å². The maximum absolute atomic E-state index is 13.3. The van der Waals surface area contributed by atoms with Gasteiger partial charge in [0.25, 0.3) is 15.7 Å². The second kappa shape index (κ2) is 12.0. The molecule has 0 spiro atoms. The first-order valence-corrected chi connectivity index (χ1v) is 14.1. The summed E-state index contributed by atoms with van der Waals surface area (Å²) < 4.78 is 58.3. The van der Waals surface area contributed by atoms with Crippen molar-refractivity contribution in [2.45, 2.75) is 9.79 Å². The van der Waals surface area contributed by atoms with Gasteiger partial charge in [0.05, 0.1) is 26.9 Å². The van der Waals surface area contributed by atoms with Crippen molar-refractivity contribution in [3.8, 4) is 5.75 Å². The van der Waals surface area contributed by atoms with Crippen molar-refractivity contribution in [3.05, 3.63) is 89.0 Å². The molecule has 1 N–H and O–H groups in total. The van der Waals surface area contributed by atoms with Crippen LogP contribution in [0, 0.1) is 10.1 Å². The average Bonchev–Trinajstić information content (AvgIpc) is 2.90. The minimum atomic E-state index is -4.16. The van der Waals surface area contributed by atoms with Crippen molar-refractivity contribution in [3.63, 3.8) is 0 Å². The molecule has 202 valence electrons. The Balaban J connectivity index is 1.66. The average molecular weight is 563 g/mol. The third-order valence-electron chi connectivity index (χ3n) is 5.26. The lowest BCUT2D eigenvalue weighted by atomic mass is 10.3. The van der Waals surface area contributed by atoms with E-state index in [1.54, 1.807) is 18.2 Å². The number of carbonyl (C=O) groups excluding carboxylic acids is 1. The molecule has 3 rings (SSSR count). The lowest BCUT2D eigenvalue weighted by molar-refractivity contribution is -0.384. The van der Waals surface area contributed by atoms with Gasteiger partial charge in [-0.2, -0.15) is 0 Å². The predicted octanol–water partition coefficient (Wildman–Crippen LogP) is 2.24. The number of non-ortho nitro benzene ring substituents is 1. The van der Waals surface area contributed by atoms with Gasteiger partial charge in [-0.3, -0.25) is 19.2 Å². The van der Waals surface area contributed by atoms with Crippen molar-refractivity contribution in [1.29, 1.82) is 0 Å². The van der Waals surface area contributed by atoms with Gasteiger partial charge in [-0.1, -0.05) is 18.2 Å². The van der Waals surface area contributed by atoms with E-state index < -0.39 is 37.4 Å². The summed E-state index contributed by atoms with van der Waals surface area (Å²) in [5, 5.41) is 13.6. The van der Waals surface area contributed by atoms with Crippen molar-refractivity contribution >= 4 is 37.3 Å². The van der Waals surface area contributed by atoms with Crippen LogP contribution in [0.3, 0.4) is 0 Å². The molecular weight excluding hydrogens is 536 g/mol. The summed E-state index contributed by atoms with van der Waals surface area (Å²) >= 11 is 0. The molecule has 0 atom stereocenters. The molecule has 0 fully saturated rings. The predicted molar refractivity (Wildman–Crippen MR) is 140 cm³/mol. The van der Waals surface area contributed by atoms with Crippen molar-refractivity contribution < 1.29 is 31.3 Å². The van der Waals surface area contributed by atoms with Gasteiger partial charge < -0.3 is 10.1 Å². The van der Waals surface area contributed by atoms with Crippen LogP contribution in [0.25, 0.3) is 0 Å². The van der Waals surface area contributed by atoms with E-state index in [2.05, 4.69) is 5.32 Å². The summed E-state index contributed by atoms with van der Waals surface area (Å²) in [5.41, 5.74) is -0.140. The van der Waals surface area contributed by atoms with E-state index in [0.717, 1.165) is 20.7 Å². The number of hydrogen-bond acceptors (Lipinski definition) is 8. The molecule has 38 heavy (non-hydrogen) atoms. The lowest BCUT2D eigenvalue weighted by Gasteiger charge is -2.24. The first-order valence-electron chi connectivity index (χ1n) is 11.2. The van der Waals surface area contributed by atoms with Gasteiger partial charge in [0, 0.05) is 26.2 Å². The van der Waals surface area contributed by atoms with Crippen LogP contribution in [0.2, 0.25) is 0 Å². The zero-order valence-electron chi connectivity index (χ0n) is 20.6. The maximum Gasteiger partial charge on any atom is 0.269 e. The fourth-order valence-electron chi connectivity index (χ4n) is 3.24. The number of anilines is 1. The van der Waals surface area contributed by atoms with Gasteiger partial charge in [-0.15, -0.1) is 0 Å². The minimum Gasteiger partial charge on any atom is -0.492 e. The molecular formula is C24H26N4O8S2. The SMILES string of the molecule is CN(C)S(=O)(=O)c1ccc(OCCNC(=O)CN(c2ccc([N+](=O)[O-])cc2)S(=O)(=O)c2ccccc2)cc1. The van der Waals surface area contributed by atoms with Gasteiger partial charge in [0.2, 0.25) is 15.9 Å². The fourth-order valence-corrected chi connectivity index (χ4v) is 5.58. The minimum absolute atomic E-state index is 0.0362. The molecule has 0 heterocycles. The summed E-state index contributed by atoms with van der Waals surface area (Å²) in [6.45, 7) is -0.503. The molecule has 0 bridgehead atoms. The fraction of sp³-hybridized carbons (Fsp3) is 0.208. The highest BCUT2D eigenvalue weighted by Crippen LogP contribution is 2.25. The number of nitrogens with one attached hydrogen (secondary N) is 1. The molecule has 3 aromatic rings. The Labute approximate surface area is 220 Å². The van der Waals surface area contributed by atoms with Crippen molar-refractivity contribution in [2.24, 2.45) is 0 Å². The van der Waals surface area contributed by atoms with Gasteiger partial charge in [0.1, 0.15) is 18.9 Å². The van der Waals surface area contributed by atoms with Crippen LogP contribution in [0.5, 0.6) is 5.75 Å². The van der Waals surface area contributed by atoms with Gasteiger partial charge >= 0.3 is 0 Å². The first kappa shape index (κ1) is 28.6. The molecule has 0 unspecified atom stereocenters. The number of hydrogen-bond donors (Lipinski definition) is 1. The van der Waals surface area contributed by atoms with Gasteiger partial charge in [-0.25, -0.2) is 21.1 Å². The number of rotatable bonds is 12. The highest BCUT2D eigenvalue weighted by Gasteiger charge is 2.27. The second-order valence-corrected chi connectivity index (χ2v) is 12.1. The van der Waals surface area contributed by atoms with Crippen LogP contribution in [0.15, 0.2) is 88.7 Å². The van der Waals surface area contributed by atoms with Gasteiger partial charge in [0.15, 0.2) is 0 Å². The molecule has 0 aliphatic rings. The topological polar surface area (TPSA) is 156 Å². The summed E-state index contributed by atoms with van der Waals surface area (Å²) in [4.78, 5) is 23.1. The Morgan fingerprint density at radius 2 is 1.45 bits per heavy atom. The zero-order valence-corrected chi connectivity index (χ0v) is 22.2. The highest BCUT2D eigenvalue weighted by molar-refractivity contribution is 7.92. The van der Waals surface area contributed by atoms with E-state index in [-0.39, 0.29) is 34.3 Å². The number of nitrogens with zero attached hydrogens (tertiary/aromatic N) is 3. The monoisotopic (exact) mass is 562 g/mol. The van der Waals surface area contributed by atoms with Crippen LogP contribution in [-0.4, -0.2) is 65.8 Å². The third-order valence-corrected chi connectivity index (χ3v) is 8.88. The lowest BCUT2D eigenvalue weighted by Crippen LogP contribution is -2.41. The molecule has 0 aromatic heterocycles. The third kappa shape index (κ3) is 6.85. The number of benzene rings is 3. The number of amides is 1. The molecule has 12 nitrogen and oxygen atoms in total. The summed E-state index contributed by atoms with van der Waals surface area (Å²) in [6.07, 6.45) is 0. The maximum atomic E-state index is 13.3. The van der Waals surface area contributed by atoms with Crippen LogP contribution in [-0.2, 0) is 24.8 Å². The standard InChI is InChI=1S/C24H26N4O8S2/c1-26(2)37(32,33)23-14-12-21(13-15-23)36-17-16-25-24(29)18-27(19-8-10-20(11-9-19)28(30)31)38(34,35)22-6-4-3-5-7-22/h3-15H,16-18H2,1-2H3,(H,25,29). The van der Waals surface area contributed by atoms with Crippen molar-refractivity contribution in [1.82, 2.24) is 9.62 Å². The van der Waals surface area contributed by atoms with E-state index >= 15 is 0 Å². The number of carbonyl (C=O) groups is 1. The largest absolute Gasteiger partial charge is 0.492 e. The number of nitro groups is 1. The smallest absolute Gasteiger partial charge is 0.269 e. The quantitative estimate of drug-likeness (QED) is 0.200. The zero-order chi connectivity index (χ0) is 27.9. The summed E-state index contributed by atoms with van der Waals surface area (Å²) in [6, 6.07) is 18.1. The van der Waals surface area contributed by atoms with Crippen LogP contribution >= 0.6 is 0 Å².